The Labute approximate surface area is 258 Å². The Balaban J connectivity index is 1.43. The summed E-state index contributed by atoms with van der Waals surface area (Å²) in [5.74, 6) is -0.173. The smallest absolute Gasteiger partial charge is 0.416 e. The van der Waals surface area contributed by atoms with E-state index in [1.807, 2.05) is 58.6 Å². The summed E-state index contributed by atoms with van der Waals surface area (Å²) in [5.41, 5.74) is 3.86. The van der Waals surface area contributed by atoms with Crippen molar-refractivity contribution in [1.82, 2.24) is 19.4 Å². The van der Waals surface area contributed by atoms with Crippen LogP contribution in [0, 0.1) is 5.41 Å². The van der Waals surface area contributed by atoms with E-state index in [0.717, 1.165) is 43.9 Å². The number of carboxylic acid groups (broad SMARTS) is 1. The maximum atomic E-state index is 13.8. The molecule has 0 bridgehead atoms. The molecule has 3 heterocycles. The van der Waals surface area contributed by atoms with Crippen molar-refractivity contribution in [3.8, 4) is 11.1 Å². The van der Waals surface area contributed by atoms with E-state index in [0.29, 0.717) is 27.8 Å². The molecule has 230 valence electrons. The van der Waals surface area contributed by atoms with Crippen molar-refractivity contribution < 1.29 is 19.5 Å². The number of amides is 2. The van der Waals surface area contributed by atoms with Crippen LogP contribution >= 0.6 is 0 Å². The van der Waals surface area contributed by atoms with Gasteiger partial charge in [0.1, 0.15) is 0 Å². The van der Waals surface area contributed by atoms with Gasteiger partial charge < -0.3 is 15.3 Å². The number of anilines is 1. The highest BCUT2D eigenvalue weighted by atomic mass is 16.4. The summed E-state index contributed by atoms with van der Waals surface area (Å²) in [6.07, 6.45) is 2.05. The fraction of sp³-hybridized carbons (Fsp3) is 0.371. The number of nitrogens with zero attached hydrogens (tertiary/aromatic N) is 4. The van der Waals surface area contributed by atoms with Crippen molar-refractivity contribution >= 4 is 34.5 Å². The first-order valence-electron chi connectivity index (χ1n) is 15.0. The molecule has 2 amide bonds. The van der Waals surface area contributed by atoms with Gasteiger partial charge in [-0.3, -0.25) is 19.5 Å². The third-order valence-corrected chi connectivity index (χ3v) is 8.03. The molecule has 5 rings (SSSR count). The molecule has 9 heteroatoms. The molecular weight excluding hydrogens is 554 g/mol. The second-order valence-corrected chi connectivity index (χ2v) is 13.5. The molecule has 44 heavy (non-hydrogen) atoms. The molecular formula is C35H41N5O4. The number of hydrogen-bond donors (Lipinski definition) is 2. The van der Waals surface area contributed by atoms with Crippen molar-refractivity contribution in [1.29, 1.82) is 0 Å². The molecule has 2 aromatic heterocycles. The van der Waals surface area contributed by atoms with E-state index < -0.39 is 11.5 Å². The van der Waals surface area contributed by atoms with E-state index in [-0.39, 0.29) is 17.2 Å². The molecule has 0 aliphatic carbocycles. The minimum absolute atomic E-state index is 0.199. The van der Waals surface area contributed by atoms with Gasteiger partial charge in [0.2, 0.25) is 5.91 Å². The summed E-state index contributed by atoms with van der Waals surface area (Å²) in [6, 6.07) is 17.3. The van der Waals surface area contributed by atoms with Gasteiger partial charge in [-0.15, -0.1) is 0 Å². The highest BCUT2D eigenvalue weighted by Gasteiger charge is 2.33. The van der Waals surface area contributed by atoms with Crippen molar-refractivity contribution in [2.45, 2.75) is 53.5 Å². The fourth-order valence-electron chi connectivity index (χ4n) is 5.88. The highest BCUT2D eigenvalue weighted by molar-refractivity contribution is 6.16. The fourth-order valence-corrected chi connectivity index (χ4v) is 5.88. The Bertz CT molecular complexity index is 1690. The van der Waals surface area contributed by atoms with Gasteiger partial charge in [-0.1, -0.05) is 71.9 Å². The number of fused-ring (bicyclic) bond motifs is 1. The molecule has 2 N–H and O–H groups in total. The minimum Gasteiger partial charge on any atom is -0.464 e. The van der Waals surface area contributed by atoms with Crippen molar-refractivity contribution in [3.05, 3.63) is 83.8 Å². The Morgan fingerprint density at radius 2 is 1.45 bits per heavy atom. The lowest BCUT2D eigenvalue weighted by Gasteiger charge is -2.37. The lowest BCUT2D eigenvalue weighted by atomic mass is 9.88. The lowest BCUT2D eigenvalue weighted by molar-refractivity contribution is -0.141. The largest absolute Gasteiger partial charge is 0.464 e. The number of benzene rings is 2. The molecule has 2 aromatic carbocycles. The molecule has 0 atom stereocenters. The second kappa shape index (κ2) is 11.9. The predicted octanol–water partition coefficient (Wildman–Crippen LogP) is 6.47. The number of aromatic nitrogens is 2. The van der Waals surface area contributed by atoms with Gasteiger partial charge in [0.25, 0.3) is 5.91 Å². The van der Waals surface area contributed by atoms with Gasteiger partial charge >= 0.3 is 6.09 Å². The maximum absolute atomic E-state index is 13.8. The molecule has 9 nitrogen and oxygen atoms in total. The Kier molecular flexibility index (Phi) is 8.36. The van der Waals surface area contributed by atoms with Gasteiger partial charge in [-0.25, -0.2) is 9.36 Å². The van der Waals surface area contributed by atoms with E-state index in [1.165, 1.54) is 10.1 Å². The van der Waals surface area contributed by atoms with Crippen LogP contribution in [-0.2, 0) is 16.8 Å². The molecule has 0 spiro atoms. The first kappa shape index (κ1) is 30.9. The number of pyridine rings is 1. The molecule has 0 radical (unpaired) electrons. The highest BCUT2D eigenvalue weighted by Crippen LogP contribution is 2.37. The van der Waals surface area contributed by atoms with Gasteiger partial charge in [0.15, 0.2) is 0 Å². The maximum Gasteiger partial charge on any atom is 0.416 e. The molecule has 0 unspecified atom stereocenters. The Morgan fingerprint density at radius 1 is 0.841 bits per heavy atom. The molecule has 1 saturated heterocycles. The summed E-state index contributed by atoms with van der Waals surface area (Å²) >= 11 is 0. The first-order chi connectivity index (χ1) is 20.7. The summed E-state index contributed by atoms with van der Waals surface area (Å²) in [7, 11) is 0. The molecule has 1 aliphatic rings. The number of rotatable bonds is 5. The molecule has 4 aromatic rings. The molecule has 1 fully saturated rings. The van der Waals surface area contributed by atoms with E-state index >= 15 is 0 Å². The summed E-state index contributed by atoms with van der Waals surface area (Å²) in [6.45, 7) is 15.5. The summed E-state index contributed by atoms with van der Waals surface area (Å²) < 4.78 is 1.23. The van der Waals surface area contributed by atoms with Crippen LogP contribution in [-0.4, -0.2) is 68.5 Å². The van der Waals surface area contributed by atoms with Crippen LogP contribution in [0.1, 0.15) is 63.2 Å². The molecule has 0 saturated carbocycles. The Hall–Kier alpha value is -4.50. The number of nitrogens with one attached hydrogen (secondary N) is 1. The van der Waals surface area contributed by atoms with Crippen LogP contribution in [0.3, 0.4) is 0 Å². The minimum atomic E-state index is -1.14. The third-order valence-electron chi connectivity index (χ3n) is 8.03. The van der Waals surface area contributed by atoms with Crippen LogP contribution in [0.4, 0.5) is 10.5 Å². The van der Waals surface area contributed by atoms with Crippen LogP contribution in [0.5, 0.6) is 0 Å². The average Bonchev–Trinajstić information content (AvgIpc) is 3.33. The van der Waals surface area contributed by atoms with Gasteiger partial charge in [-0.05, 0) is 41.0 Å². The number of carbonyl (C=O) groups is 3. The SMILES string of the molecule is CC(C)(C)C(=O)N1CCN(Cc2ccc(-c3ccc4c(c3)c(C(=O)Nc3ccncc3)c(C(C)(C)C)n4C(=O)O)cc2)CC1. The van der Waals surface area contributed by atoms with Crippen molar-refractivity contribution in [2.24, 2.45) is 5.41 Å². The quantitative estimate of drug-likeness (QED) is 0.274. The standard InChI is InChI=1S/C35H41N5O4/c1-34(2,3)30-29(31(41)37-26-13-15-36-16-14-26)27-21-25(11-12-28(27)40(30)33(43)44)24-9-7-23(8-10-24)22-38-17-19-39(20-18-38)32(42)35(4,5)6/h7-16,21H,17-20,22H2,1-6H3,(H,43,44)(H,36,37,41). The number of piperazine rings is 1. The third kappa shape index (κ3) is 6.38. The van der Waals surface area contributed by atoms with Crippen molar-refractivity contribution in [3.63, 3.8) is 0 Å². The van der Waals surface area contributed by atoms with Gasteiger partial charge in [0.05, 0.1) is 11.1 Å². The van der Waals surface area contributed by atoms with Crippen LogP contribution in [0.25, 0.3) is 22.0 Å². The second-order valence-electron chi connectivity index (χ2n) is 13.5. The number of hydrogen-bond acceptors (Lipinski definition) is 5. The lowest BCUT2D eigenvalue weighted by Crippen LogP contribution is -2.51. The van der Waals surface area contributed by atoms with Crippen LogP contribution < -0.4 is 5.32 Å². The monoisotopic (exact) mass is 595 g/mol. The summed E-state index contributed by atoms with van der Waals surface area (Å²) in [5, 5.41) is 13.7. The Morgan fingerprint density at radius 3 is 2.02 bits per heavy atom. The van der Waals surface area contributed by atoms with Gasteiger partial charge in [0, 0.05) is 72.7 Å². The molecule has 1 aliphatic heterocycles. The van der Waals surface area contributed by atoms with E-state index in [4.69, 9.17) is 0 Å². The predicted molar refractivity (Wildman–Crippen MR) is 173 cm³/mol. The zero-order chi connectivity index (χ0) is 31.8. The van der Waals surface area contributed by atoms with Crippen molar-refractivity contribution in [2.75, 3.05) is 31.5 Å². The number of carbonyl (C=O) groups excluding carboxylic acids is 2. The van der Waals surface area contributed by atoms with Gasteiger partial charge in [-0.2, -0.15) is 0 Å². The topological polar surface area (TPSA) is 108 Å². The van der Waals surface area contributed by atoms with E-state index in [9.17, 15) is 19.5 Å². The zero-order valence-corrected chi connectivity index (χ0v) is 26.3. The first-order valence-corrected chi connectivity index (χ1v) is 15.0. The van der Waals surface area contributed by atoms with E-state index in [1.54, 1.807) is 30.6 Å². The zero-order valence-electron chi connectivity index (χ0n) is 26.3. The summed E-state index contributed by atoms with van der Waals surface area (Å²) in [4.78, 5) is 47.3. The average molecular weight is 596 g/mol. The van der Waals surface area contributed by atoms with E-state index in [2.05, 4.69) is 39.5 Å². The van der Waals surface area contributed by atoms with Crippen LogP contribution in [0.2, 0.25) is 0 Å². The normalized spacial score (nSPS) is 14.5. The van der Waals surface area contributed by atoms with Crippen LogP contribution in [0.15, 0.2) is 67.0 Å².